The SMILES string of the molecule is CCCNC(=O)[C@@H](Cc1ccccc1)N(Cc1ccccc1)C(=O)CCc1ccc2c(c1)OCO2. The Balaban J connectivity index is 1.56. The highest BCUT2D eigenvalue weighted by atomic mass is 16.7. The van der Waals surface area contributed by atoms with E-state index in [1.165, 1.54) is 0 Å². The van der Waals surface area contributed by atoms with Crippen LogP contribution in [0.5, 0.6) is 11.5 Å². The van der Waals surface area contributed by atoms with Gasteiger partial charge >= 0.3 is 0 Å². The lowest BCUT2D eigenvalue weighted by molar-refractivity contribution is -0.141. The van der Waals surface area contributed by atoms with Crippen LogP contribution in [0.3, 0.4) is 0 Å². The quantitative estimate of drug-likeness (QED) is 0.446. The zero-order chi connectivity index (χ0) is 24.5. The summed E-state index contributed by atoms with van der Waals surface area (Å²) in [5.41, 5.74) is 3.01. The fourth-order valence-electron chi connectivity index (χ4n) is 4.19. The molecular weight excluding hydrogens is 440 g/mol. The van der Waals surface area contributed by atoms with Gasteiger partial charge in [0, 0.05) is 25.9 Å². The average molecular weight is 473 g/mol. The van der Waals surface area contributed by atoms with E-state index in [-0.39, 0.29) is 18.6 Å². The van der Waals surface area contributed by atoms with Gasteiger partial charge in [-0.3, -0.25) is 9.59 Å². The van der Waals surface area contributed by atoms with Crippen LogP contribution in [0.2, 0.25) is 0 Å². The Morgan fingerprint density at radius 3 is 2.29 bits per heavy atom. The lowest BCUT2D eigenvalue weighted by Crippen LogP contribution is -2.50. The van der Waals surface area contributed by atoms with Gasteiger partial charge in [-0.25, -0.2) is 0 Å². The van der Waals surface area contributed by atoms with E-state index in [4.69, 9.17) is 9.47 Å². The first-order valence-electron chi connectivity index (χ1n) is 12.2. The molecule has 0 aromatic heterocycles. The Morgan fingerprint density at radius 1 is 0.886 bits per heavy atom. The minimum Gasteiger partial charge on any atom is -0.454 e. The number of rotatable bonds is 11. The van der Waals surface area contributed by atoms with E-state index in [0.717, 1.165) is 28.9 Å². The highest BCUT2D eigenvalue weighted by Crippen LogP contribution is 2.32. The van der Waals surface area contributed by atoms with Gasteiger partial charge in [0.2, 0.25) is 18.6 Å². The van der Waals surface area contributed by atoms with E-state index in [0.29, 0.717) is 38.1 Å². The molecule has 0 saturated carbocycles. The normalized spacial score (nSPS) is 12.7. The molecule has 1 atom stereocenters. The third kappa shape index (κ3) is 6.63. The number of benzene rings is 3. The molecule has 0 fully saturated rings. The first-order chi connectivity index (χ1) is 17.1. The molecule has 4 rings (SSSR count). The summed E-state index contributed by atoms with van der Waals surface area (Å²) in [6.45, 7) is 3.19. The number of amides is 2. The number of carbonyl (C=O) groups excluding carboxylic acids is 2. The monoisotopic (exact) mass is 472 g/mol. The Bertz CT molecular complexity index is 1120. The summed E-state index contributed by atoms with van der Waals surface area (Å²) in [5, 5.41) is 3.01. The van der Waals surface area contributed by atoms with E-state index in [1.807, 2.05) is 85.8 Å². The van der Waals surface area contributed by atoms with Crippen LogP contribution in [0.1, 0.15) is 36.5 Å². The summed E-state index contributed by atoms with van der Waals surface area (Å²) >= 11 is 0. The molecule has 0 saturated heterocycles. The molecule has 6 nitrogen and oxygen atoms in total. The zero-order valence-corrected chi connectivity index (χ0v) is 20.1. The van der Waals surface area contributed by atoms with E-state index >= 15 is 0 Å². The molecule has 3 aromatic rings. The second-order valence-electron chi connectivity index (χ2n) is 8.69. The van der Waals surface area contributed by atoms with Crippen molar-refractivity contribution in [3.8, 4) is 11.5 Å². The Morgan fingerprint density at radius 2 is 1.57 bits per heavy atom. The van der Waals surface area contributed by atoms with E-state index in [2.05, 4.69) is 5.32 Å². The van der Waals surface area contributed by atoms with Gasteiger partial charge in [-0.15, -0.1) is 0 Å². The van der Waals surface area contributed by atoms with Crippen molar-refractivity contribution in [1.29, 1.82) is 0 Å². The molecule has 1 heterocycles. The minimum atomic E-state index is -0.603. The number of aryl methyl sites for hydroxylation is 1. The highest BCUT2D eigenvalue weighted by molar-refractivity contribution is 5.88. The topological polar surface area (TPSA) is 67.9 Å². The number of hydrogen-bond acceptors (Lipinski definition) is 4. The first kappa shape index (κ1) is 24.3. The second-order valence-corrected chi connectivity index (χ2v) is 8.69. The van der Waals surface area contributed by atoms with Crippen LogP contribution in [-0.2, 0) is 29.0 Å². The van der Waals surface area contributed by atoms with Crippen molar-refractivity contribution in [1.82, 2.24) is 10.2 Å². The summed E-state index contributed by atoms with van der Waals surface area (Å²) in [5.74, 6) is 1.25. The molecule has 1 aliphatic heterocycles. The van der Waals surface area contributed by atoms with Crippen LogP contribution in [-0.4, -0.2) is 36.1 Å². The molecule has 0 spiro atoms. The number of carbonyl (C=O) groups is 2. The number of ether oxygens (including phenoxy) is 2. The Kier molecular flexibility index (Phi) is 8.39. The first-order valence-corrected chi connectivity index (χ1v) is 12.2. The van der Waals surface area contributed by atoms with Crippen LogP contribution < -0.4 is 14.8 Å². The van der Waals surface area contributed by atoms with Crippen molar-refractivity contribution in [2.45, 2.75) is 45.2 Å². The summed E-state index contributed by atoms with van der Waals surface area (Å²) in [6, 6.07) is 24.8. The largest absolute Gasteiger partial charge is 0.454 e. The van der Waals surface area contributed by atoms with Crippen molar-refractivity contribution < 1.29 is 19.1 Å². The molecule has 0 aliphatic carbocycles. The van der Waals surface area contributed by atoms with Gasteiger partial charge in [0.05, 0.1) is 0 Å². The number of nitrogens with zero attached hydrogens (tertiary/aromatic N) is 1. The summed E-state index contributed by atoms with van der Waals surface area (Å²) in [6.07, 6.45) is 2.13. The zero-order valence-electron chi connectivity index (χ0n) is 20.1. The predicted octanol–water partition coefficient (Wildman–Crippen LogP) is 4.51. The van der Waals surface area contributed by atoms with Gasteiger partial charge in [-0.05, 0) is 41.7 Å². The van der Waals surface area contributed by atoms with Crippen LogP contribution >= 0.6 is 0 Å². The third-order valence-corrected chi connectivity index (χ3v) is 6.08. The van der Waals surface area contributed by atoms with Gasteiger partial charge in [-0.2, -0.15) is 0 Å². The molecular formula is C29H32N2O4. The van der Waals surface area contributed by atoms with E-state index in [1.54, 1.807) is 4.90 Å². The highest BCUT2D eigenvalue weighted by Gasteiger charge is 2.30. The van der Waals surface area contributed by atoms with Gasteiger partial charge in [0.15, 0.2) is 11.5 Å². The lowest BCUT2D eigenvalue weighted by Gasteiger charge is -2.31. The second kappa shape index (κ2) is 12.1. The fourth-order valence-corrected chi connectivity index (χ4v) is 4.19. The maximum Gasteiger partial charge on any atom is 0.243 e. The molecule has 182 valence electrons. The smallest absolute Gasteiger partial charge is 0.243 e. The Hall–Kier alpha value is -3.80. The molecule has 0 unspecified atom stereocenters. The standard InChI is InChI=1S/C29H32N2O4/c1-2-17-30-29(33)25(18-22-9-5-3-6-10-22)31(20-24-11-7-4-8-12-24)28(32)16-14-23-13-15-26-27(19-23)35-21-34-26/h3-13,15,19,25H,2,14,16-18,20-21H2,1H3,(H,30,33)/t25-/m1/s1. The predicted molar refractivity (Wildman–Crippen MR) is 135 cm³/mol. The summed E-state index contributed by atoms with van der Waals surface area (Å²) in [4.78, 5) is 28.7. The fraction of sp³-hybridized carbons (Fsp3) is 0.310. The van der Waals surface area contributed by atoms with Gasteiger partial charge in [0.25, 0.3) is 0 Å². The average Bonchev–Trinajstić information content (AvgIpc) is 3.37. The summed E-state index contributed by atoms with van der Waals surface area (Å²) < 4.78 is 10.9. The van der Waals surface area contributed by atoms with Crippen molar-refractivity contribution in [2.24, 2.45) is 0 Å². The maximum atomic E-state index is 13.7. The van der Waals surface area contributed by atoms with Crippen molar-refractivity contribution in [2.75, 3.05) is 13.3 Å². The lowest BCUT2D eigenvalue weighted by atomic mass is 10.0. The molecule has 35 heavy (non-hydrogen) atoms. The molecule has 1 aliphatic rings. The molecule has 1 N–H and O–H groups in total. The van der Waals surface area contributed by atoms with Crippen molar-refractivity contribution in [3.05, 3.63) is 95.6 Å². The van der Waals surface area contributed by atoms with E-state index in [9.17, 15) is 9.59 Å². The van der Waals surface area contributed by atoms with Crippen LogP contribution in [0.4, 0.5) is 0 Å². The molecule has 3 aromatic carbocycles. The van der Waals surface area contributed by atoms with Crippen LogP contribution in [0, 0.1) is 0 Å². The van der Waals surface area contributed by atoms with Crippen LogP contribution in [0.15, 0.2) is 78.9 Å². The molecule has 0 radical (unpaired) electrons. The van der Waals surface area contributed by atoms with Gasteiger partial charge in [0.1, 0.15) is 6.04 Å². The molecule has 0 bridgehead atoms. The maximum absolute atomic E-state index is 13.7. The number of nitrogens with one attached hydrogen (secondary N) is 1. The minimum absolute atomic E-state index is 0.0564. The summed E-state index contributed by atoms with van der Waals surface area (Å²) in [7, 11) is 0. The number of hydrogen-bond donors (Lipinski definition) is 1. The van der Waals surface area contributed by atoms with Gasteiger partial charge < -0.3 is 19.7 Å². The Labute approximate surface area is 206 Å². The molecule has 6 heteroatoms. The third-order valence-electron chi connectivity index (χ3n) is 6.08. The molecule has 2 amide bonds. The number of fused-ring (bicyclic) bond motifs is 1. The van der Waals surface area contributed by atoms with Crippen molar-refractivity contribution in [3.63, 3.8) is 0 Å². The van der Waals surface area contributed by atoms with Gasteiger partial charge in [-0.1, -0.05) is 73.7 Å². The van der Waals surface area contributed by atoms with E-state index < -0.39 is 6.04 Å². The van der Waals surface area contributed by atoms with Crippen molar-refractivity contribution >= 4 is 11.8 Å². The van der Waals surface area contributed by atoms with Crippen LogP contribution in [0.25, 0.3) is 0 Å².